The number of nitrogens with one attached hydrogen (secondary N) is 1. The molecule has 6 heteroatoms. The summed E-state index contributed by atoms with van der Waals surface area (Å²) in [5.41, 5.74) is 0.934. The van der Waals surface area contributed by atoms with Crippen LogP contribution >= 0.6 is 0 Å². The van der Waals surface area contributed by atoms with Gasteiger partial charge in [0.25, 0.3) is 11.8 Å². The Morgan fingerprint density at radius 1 is 0.939 bits per heavy atom. The van der Waals surface area contributed by atoms with Gasteiger partial charge in [0.05, 0.1) is 18.4 Å². The van der Waals surface area contributed by atoms with Gasteiger partial charge in [0, 0.05) is 12.1 Å². The number of anilines is 1. The topological polar surface area (TPSA) is 67.9 Å². The second-order valence-electron chi connectivity index (χ2n) is 8.57. The SMILES string of the molecule is COc1ccccc1NC(=O)c1cc2ccccc2cc1OCC(=O)N1[C@@H](C)CCC[C@@H]1C. The molecule has 0 radical (unpaired) electrons. The maximum atomic E-state index is 13.3. The average molecular weight is 447 g/mol. The van der Waals surface area contributed by atoms with Gasteiger partial charge < -0.3 is 19.7 Å². The largest absolute Gasteiger partial charge is 0.495 e. The predicted octanol–water partition coefficient (Wildman–Crippen LogP) is 5.27. The summed E-state index contributed by atoms with van der Waals surface area (Å²) in [6, 6.07) is 19.0. The van der Waals surface area contributed by atoms with Crippen molar-refractivity contribution < 1.29 is 19.1 Å². The van der Waals surface area contributed by atoms with Crippen molar-refractivity contribution in [3.8, 4) is 11.5 Å². The molecule has 0 aliphatic carbocycles. The van der Waals surface area contributed by atoms with Gasteiger partial charge >= 0.3 is 0 Å². The van der Waals surface area contributed by atoms with E-state index >= 15 is 0 Å². The highest BCUT2D eigenvalue weighted by Gasteiger charge is 2.29. The third kappa shape index (κ3) is 4.95. The first-order chi connectivity index (χ1) is 16.0. The lowest BCUT2D eigenvalue weighted by Gasteiger charge is -2.39. The highest BCUT2D eigenvalue weighted by Crippen LogP contribution is 2.30. The van der Waals surface area contributed by atoms with Crippen LogP contribution in [0.1, 0.15) is 43.5 Å². The molecule has 2 atom stereocenters. The normalized spacial score (nSPS) is 18.1. The molecule has 1 fully saturated rings. The van der Waals surface area contributed by atoms with E-state index in [1.165, 1.54) is 0 Å². The third-order valence-electron chi connectivity index (χ3n) is 6.28. The van der Waals surface area contributed by atoms with Crippen molar-refractivity contribution in [1.29, 1.82) is 0 Å². The number of carbonyl (C=O) groups excluding carboxylic acids is 2. The molecule has 1 saturated heterocycles. The molecule has 0 aromatic heterocycles. The van der Waals surface area contributed by atoms with Gasteiger partial charge in [0.1, 0.15) is 11.5 Å². The van der Waals surface area contributed by atoms with Crippen molar-refractivity contribution in [3.05, 3.63) is 66.2 Å². The number of amides is 2. The number of fused-ring (bicyclic) bond motifs is 1. The zero-order valence-corrected chi connectivity index (χ0v) is 19.3. The van der Waals surface area contributed by atoms with E-state index in [1.807, 2.05) is 47.4 Å². The van der Waals surface area contributed by atoms with Gasteiger partial charge in [0.2, 0.25) is 0 Å². The summed E-state index contributed by atoms with van der Waals surface area (Å²) in [7, 11) is 1.56. The molecule has 172 valence electrons. The molecule has 33 heavy (non-hydrogen) atoms. The number of benzene rings is 3. The average Bonchev–Trinajstić information content (AvgIpc) is 2.82. The van der Waals surface area contributed by atoms with Gasteiger partial charge in [-0.2, -0.15) is 0 Å². The van der Waals surface area contributed by atoms with Crippen LogP contribution in [0.4, 0.5) is 5.69 Å². The van der Waals surface area contributed by atoms with Gasteiger partial charge in [-0.1, -0.05) is 36.4 Å². The van der Waals surface area contributed by atoms with Crippen LogP contribution in [-0.4, -0.2) is 42.5 Å². The first-order valence-corrected chi connectivity index (χ1v) is 11.4. The summed E-state index contributed by atoms with van der Waals surface area (Å²) in [6.07, 6.45) is 3.13. The number of rotatable bonds is 6. The minimum Gasteiger partial charge on any atom is -0.495 e. The van der Waals surface area contributed by atoms with Crippen molar-refractivity contribution >= 4 is 28.3 Å². The lowest BCUT2D eigenvalue weighted by atomic mass is 9.97. The minimum atomic E-state index is -0.326. The summed E-state index contributed by atoms with van der Waals surface area (Å²) < 4.78 is 11.3. The van der Waals surface area contributed by atoms with E-state index in [-0.39, 0.29) is 30.5 Å². The van der Waals surface area contributed by atoms with Gasteiger partial charge in [-0.25, -0.2) is 0 Å². The van der Waals surface area contributed by atoms with Crippen molar-refractivity contribution in [2.45, 2.75) is 45.2 Å². The zero-order valence-electron chi connectivity index (χ0n) is 19.3. The standard InChI is InChI=1S/C27H30N2O4/c1-18-9-8-10-19(2)29(18)26(30)17-33-25-16-21-12-5-4-11-20(21)15-22(25)27(31)28-23-13-6-7-14-24(23)32-3/h4-7,11-16,18-19H,8-10,17H2,1-3H3,(H,28,31)/t18-,19-/m0/s1. The number of carbonyl (C=O) groups is 2. The fourth-order valence-corrected chi connectivity index (χ4v) is 4.58. The van der Waals surface area contributed by atoms with Crippen LogP contribution in [-0.2, 0) is 4.79 Å². The minimum absolute atomic E-state index is 0.0565. The fraction of sp³-hybridized carbons (Fsp3) is 0.333. The Morgan fingerprint density at radius 3 is 2.27 bits per heavy atom. The molecule has 1 aliphatic rings. The molecule has 1 aliphatic heterocycles. The number of hydrogen-bond donors (Lipinski definition) is 1. The number of hydrogen-bond acceptors (Lipinski definition) is 4. The van der Waals surface area contributed by atoms with E-state index in [0.29, 0.717) is 22.7 Å². The van der Waals surface area contributed by atoms with Gasteiger partial charge in [0.15, 0.2) is 6.61 Å². The fourth-order valence-electron chi connectivity index (χ4n) is 4.58. The molecular formula is C27H30N2O4. The lowest BCUT2D eigenvalue weighted by molar-refractivity contribution is -0.139. The lowest BCUT2D eigenvalue weighted by Crippen LogP contribution is -2.49. The van der Waals surface area contributed by atoms with Crippen molar-refractivity contribution in [1.82, 2.24) is 4.90 Å². The molecule has 0 saturated carbocycles. The number of methoxy groups -OCH3 is 1. The monoisotopic (exact) mass is 446 g/mol. The van der Waals surface area contributed by atoms with Crippen molar-refractivity contribution in [2.24, 2.45) is 0 Å². The summed E-state index contributed by atoms with van der Waals surface area (Å²) in [6.45, 7) is 4.05. The zero-order chi connectivity index (χ0) is 23.4. The van der Waals surface area contributed by atoms with Gasteiger partial charge in [-0.3, -0.25) is 9.59 Å². The summed E-state index contributed by atoms with van der Waals surface area (Å²) >= 11 is 0. The molecule has 4 rings (SSSR count). The van der Waals surface area contributed by atoms with E-state index < -0.39 is 0 Å². The molecule has 2 amide bonds. The molecule has 3 aromatic rings. The number of nitrogens with zero attached hydrogens (tertiary/aromatic N) is 1. The number of likely N-dealkylation sites (tertiary alicyclic amines) is 1. The Hall–Kier alpha value is -3.54. The molecule has 6 nitrogen and oxygen atoms in total. The maximum Gasteiger partial charge on any atom is 0.260 e. The van der Waals surface area contributed by atoms with Gasteiger partial charge in [-0.05, 0) is 68.1 Å². The van der Waals surface area contributed by atoms with E-state index in [4.69, 9.17) is 9.47 Å². The summed E-state index contributed by atoms with van der Waals surface area (Å²) in [5, 5.41) is 4.76. The van der Waals surface area contributed by atoms with E-state index in [0.717, 1.165) is 30.0 Å². The summed E-state index contributed by atoms with van der Waals surface area (Å²) in [4.78, 5) is 28.2. The highest BCUT2D eigenvalue weighted by molar-refractivity contribution is 6.09. The van der Waals surface area contributed by atoms with Crippen LogP contribution in [0, 0.1) is 0 Å². The van der Waals surface area contributed by atoms with Crippen LogP contribution in [0.5, 0.6) is 11.5 Å². The smallest absolute Gasteiger partial charge is 0.260 e. The number of ether oxygens (including phenoxy) is 2. The Morgan fingerprint density at radius 2 is 1.58 bits per heavy atom. The van der Waals surface area contributed by atoms with Crippen LogP contribution in [0.2, 0.25) is 0 Å². The number of para-hydroxylation sites is 2. The van der Waals surface area contributed by atoms with Gasteiger partial charge in [-0.15, -0.1) is 0 Å². The second-order valence-corrected chi connectivity index (χ2v) is 8.57. The van der Waals surface area contributed by atoms with Crippen LogP contribution in [0.25, 0.3) is 10.8 Å². The summed E-state index contributed by atoms with van der Waals surface area (Å²) in [5.74, 6) is 0.565. The predicted molar refractivity (Wildman–Crippen MR) is 130 cm³/mol. The quantitative estimate of drug-likeness (QED) is 0.560. The van der Waals surface area contributed by atoms with Crippen LogP contribution in [0.3, 0.4) is 0 Å². The molecule has 3 aromatic carbocycles. The highest BCUT2D eigenvalue weighted by atomic mass is 16.5. The Kier molecular flexibility index (Phi) is 6.82. The molecular weight excluding hydrogens is 416 g/mol. The van der Waals surface area contributed by atoms with Crippen LogP contribution < -0.4 is 14.8 Å². The molecule has 0 unspecified atom stereocenters. The third-order valence-corrected chi connectivity index (χ3v) is 6.28. The second kappa shape index (κ2) is 9.94. The van der Waals surface area contributed by atoms with E-state index in [9.17, 15) is 9.59 Å². The number of piperidine rings is 1. The molecule has 0 spiro atoms. The Labute approximate surface area is 194 Å². The van der Waals surface area contributed by atoms with Crippen molar-refractivity contribution in [2.75, 3.05) is 19.0 Å². The van der Waals surface area contributed by atoms with E-state index in [1.54, 1.807) is 25.3 Å². The Balaban J connectivity index is 1.60. The molecule has 0 bridgehead atoms. The first-order valence-electron chi connectivity index (χ1n) is 11.4. The van der Waals surface area contributed by atoms with Crippen LogP contribution in [0.15, 0.2) is 60.7 Å². The van der Waals surface area contributed by atoms with Crippen molar-refractivity contribution in [3.63, 3.8) is 0 Å². The Bertz CT molecular complexity index is 1150. The first kappa shape index (κ1) is 22.6. The molecule has 1 heterocycles. The van der Waals surface area contributed by atoms with E-state index in [2.05, 4.69) is 19.2 Å². The maximum absolute atomic E-state index is 13.3. The molecule has 1 N–H and O–H groups in total.